The minimum Gasteiger partial charge on any atom is -0.362 e. The van der Waals surface area contributed by atoms with Gasteiger partial charge in [0.05, 0.1) is 36.8 Å². The van der Waals surface area contributed by atoms with Crippen LogP contribution in [0.4, 0.5) is 5.69 Å². The van der Waals surface area contributed by atoms with Crippen molar-refractivity contribution in [3.63, 3.8) is 0 Å². The third-order valence-electron chi connectivity index (χ3n) is 3.10. The van der Waals surface area contributed by atoms with Crippen molar-refractivity contribution >= 4 is 45.7 Å². The lowest BCUT2D eigenvalue weighted by atomic mass is 10.1. The Hall–Kier alpha value is -0.660. The number of nitrogens with zero attached hydrogens (tertiary/aromatic N) is 4. The predicted octanol–water partition coefficient (Wildman–Crippen LogP) is 1.97. The maximum Gasteiger partial charge on any atom is 0.291 e. The molecule has 3 rings (SSSR count). The Morgan fingerprint density at radius 2 is 2.37 bits per heavy atom. The van der Waals surface area contributed by atoms with Gasteiger partial charge in [0.15, 0.2) is 0 Å². The largest absolute Gasteiger partial charge is 0.362 e. The summed E-state index contributed by atoms with van der Waals surface area (Å²) >= 11 is 8.27. The number of fused-ring (bicyclic) bond motifs is 1. The summed E-state index contributed by atoms with van der Waals surface area (Å²) in [7, 11) is 0. The fourth-order valence-electron chi connectivity index (χ4n) is 2.12. The summed E-state index contributed by atoms with van der Waals surface area (Å²) in [5.41, 5.74) is 2.61. The molecule has 0 aliphatic carbocycles. The molecule has 0 fully saturated rings. The molecule has 1 aliphatic rings. The van der Waals surface area contributed by atoms with E-state index >= 15 is 0 Å². The summed E-state index contributed by atoms with van der Waals surface area (Å²) in [6.45, 7) is 1.45. The van der Waals surface area contributed by atoms with Crippen LogP contribution in [0, 0.1) is 0 Å². The zero-order valence-corrected chi connectivity index (χ0v) is 13.6. The smallest absolute Gasteiger partial charge is 0.291 e. The van der Waals surface area contributed by atoms with Gasteiger partial charge in [0.2, 0.25) is 0 Å². The third-order valence-corrected chi connectivity index (χ3v) is 5.31. The maximum atomic E-state index is 12.0. The highest BCUT2D eigenvalue weighted by molar-refractivity contribution is 14.2. The molecule has 0 bridgehead atoms. The van der Waals surface area contributed by atoms with Gasteiger partial charge in [-0.3, -0.25) is 4.79 Å². The molecule has 0 amide bonds. The Morgan fingerprint density at radius 3 is 3.16 bits per heavy atom. The molecule has 0 spiro atoms. The summed E-state index contributed by atoms with van der Waals surface area (Å²) in [5.74, 6) is 0. The van der Waals surface area contributed by atoms with E-state index in [4.69, 9.17) is 11.6 Å². The molecular formula is C10H10ClIN5OP. The predicted molar refractivity (Wildman–Crippen MR) is 84.6 cm³/mol. The van der Waals surface area contributed by atoms with Crippen molar-refractivity contribution in [1.29, 1.82) is 0 Å². The number of halogens is 2. The topological polar surface area (TPSA) is 66.8 Å². The zero-order chi connectivity index (χ0) is 13.4. The van der Waals surface area contributed by atoms with Crippen molar-refractivity contribution in [3.8, 4) is 0 Å². The second kappa shape index (κ2) is 5.38. The van der Waals surface area contributed by atoms with Gasteiger partial charge in [-0.1, -0.05) is 11.6 Å². The SMILES string of the molecule is O=c1c(Cl)c(N2CCc3[nH]cnc3C2)cnn1PI. The lowest BCUT2D eigenvalue weighted by molar-refractivity contribution is 0.705. The number of aromatic amines is 1. The van der Waals surface area contributed by atoms with Gasteiger partial charge in [-0.15, -0.1) is 0 Å². The van der Waals surface area contributed by atoms with Crippen molar-refractivity contribution in [1.82, 2.24) is 19.5 Å². The van der Waals surface area contributed by atoms with Gasteiger partial charge in [-0.05, 0) is 22.0 Å². The molecule has 6 nitrogen and oxygen atoms in total. The van der Waals surface area contributed by atoms with E-state index in [0.29, 0.717) is 12.2 Å². The summed E-state index contributed by atoms with van der Waals surface area (Å²) < 4.78 is 1.37. The van der Waals surface area contributed by atoms with Gasteiger partial charge in [0, 0.05) is 18.7 Å². The molecule has 100 valence electrons. The van der Waals surface area contributed by atoms with Crippen molar-refractivity contribution in [3.05, 3.63) is 39.3 Å². The van der Waals surface area contributed by atoms with E-state index in [1.165, 1.54) is 4.45 Å². The first-order chi connectivity index (χ1) is 9.20. The van der Waals surface area contributed by atoms with Crippen molar-refractivity contribution in [2.45, 2.75) is 13.0 Å². The van der Waals surface area contributed by atoms with E-state index in [2.05, 4.69) is 37.1 Å². The van der Waals surface area contributed by atoms with Crippen LogP contribution in [-0.4, -0.2) is 26.1 Å². The Bertz CT molecular complexity index is 672. The van der Waals surface area contributed by atoms with E-state index in [1.54, 1.807) is 12.5 Å². The van der Waals surface area contributed by atoms with Crippen LogP contribution in [0.15, 0.2) is 17.3 Å². The lowest BCUT2D eigenvalue weighted by Crippen LogP contribution is -2.32. The monoisotopic (exact) mass is 409 g/mol. The molecule has 1 aliphatic heterocycles. The number of hydrogen-bond donors (Lipinski definition) is 1. The van der Waals surface area contributed by atoms with E-state index < -0.39 is 0 Å². The van der Waals surface area contributed by atoms with Crippen molar-refractivity contribution in [2.75, 3.05) is 11.4 Å². The standard InChI is InChI=1S/C10H10ClIN5OP/c11-9-8(3-15-17(19-12)10(9)18)16-2-1-6-7(4-16)14-5-13-6/h3,5,19H,1-2,4H2,(H,13,14). The molecule has 2 aromatic heterocycles. The molecule has 0 radical (unpaired) electrons. The Morgan fingerprint density at radius 1 is 1.53 bits per heavy atom. The second-order valence-corrected chi connectivity index (χ2v) is 6.56. The normalized spacial score (nSPS) is 15.2. The summed E-state index contributed by atoms with van der Waals surface area (Å²) in [6.07, 6.45) is 4.47. The van der Waals surface area contributed by atoms with Crippen molar-refractivity contribution in [2.24, 2.45) is 0 Å². The molecule has 0 saturated carbocycles. The molecule has 0 aromatic carbocycles. The summed E-state index contributed by atoms with van der Waals surface area (Å²) in [5, 5.41) is 4.37. The fourth-order valence-corrected chi connectivity index (χ4v) is 3.76. The van der Waals surface area contributed by atoms with E-state index in [1.807, 2.05) is 4.90 Å². The average molecular weight is 410 g/mol. The molecule has 1 N–H and O–H groups in total. The van der Waals surface area contributed by atoms with Crippen LogP contribution in [0.3, 0.4) is 0 Å². The highest BCUT2D eigenvalue weighted by Crippen LogP contribution is 2.28. The Labute approximate surface area is 128 Å². The Kier molecular flexibility index (Phi) is 3.77. The highest BCUT2D eigenvalue weighted by atomic mass is 127. The number of nitrogens with one attached hydrogen (secondary N) is 1. The Balaban J connectivity index is 1.96. The molecule has 9 heteroatoms. The van der Waals surface area contributed by atoms with Crippen LogP contribution >= 0.6 is 40.0 Å². The molecule has 2 aromatic rings. The first kappa shape index (κ1) is 13.3. The molecule has 19 heavy (non-hydrogen) atoms. The van der Waals surface area contributed by atoms with Crippen molar-refractivity contribution < 1.29 is 0 Å². The van der Waals surface area contributed by atoms with Crippen LogP contribution in [0.1, 0.15) is 11.4 Å². The zero-order valence-electron chi connectivity index (χ0n) is 9.73. The van der Waals surface area contributed by atoms with Gasteiger partial charge in [0.25, 0.3) is 5.56 Å². The van der Waals surface area contributed by atoms with Crippen LogP contribution in [-0.2, 0) is 13.0 Å². The van der Waals surface area contributed by atoms with Gasteiger partial charge >= 0.3 is 0 Å². The van der Waals surface area contributed by atoms with Crippen LogP contribution < -0.4 is 10.5 Å². The van der Waals surface area contributed by atoms with E-state index in [9.17, 15) is 4.79 Å². The van der Waals surface area contributed by atoms with Crippen LogP contribution in [0.2, 0.25) is 5.02 Å². The molecule has 0 saturated heterocycles. The molecule has 1 unspecified atom stereocenters. The fraction of sp³-hybridized carbons (Fsp3) is 0.300. The number of aromatic nitrogens is 4. The average Bonchev–Trinajstić information content (AvgIpc) is 2.89. The molecule has 3 heterocycles. The first-order valence-electron chi connectivity index (χ1n) is 5.61. The van der Waals surface area contributed by atoms with Gasteiger partial charge < -0.3 is 9.88 Å². The second-order valence-electron chi connectivity index (χ2n) is 4.14. The summed E-state index contributed by atoms with van der Waals surface area (Å²) in [4.78, 5) is 21.4. The quantitative estimate of drug-likeness (QED) is 0.608. The summed E-state index contributed by atoms with van der Waals surface area (Å²) in [6, 6.07) is 0. The molecular weight excluding hydrogens is 399 g/mol. The highest BCUT2D eigenvalue weighted by Gasteiger charge is 2.22. The lowest BCUT2D eigenvalue weighted by Gasteiger charge is -2.28. The van der Waals surface area contributed by atoms with Gasteiger partial charge in [-0.2, -0.15) is 5.10 Å². The number of imidazole rings is 1. The van der Waals surface area contributed by atoms with Gasteiger partial charge in [0.1, 0.15) is 5.02 Å². The number of rotatable bonds is 2. The maximum absolute atomic E-state index is 12.0. The molecule has 1 atom stereocenters. The first-order valence-corrected chi connectivity index (χ1v) is 10.0. The van der Waals surface area contributed by atoms with Crippen LogP contribution in [0.25, 0.3) is 0 Å². The number of anilines is 1. The van der Waals surface area contributed by atoms with E-state index in [0.717, 1.165) is 24.4 Å². The number of hydrogen-bond acceptors (Lipinski definition) is 4. The minimum atomic E-state index is -0.236. The van der Waals surface area contributed by atoms with E-state index in [-0.39, 0.29) is 17.0 Å². The van der Waals surface area contributed by atoms with Crippen LogP contribution in [0.5, 0.6) is 0 Å². The van der Waals surface area contributed by atoms with Gasteiger partial charge in [-0.25, -0.2) is 9.44 Å². The minimum absolute atomic E-state index is 0.234. The third kappa shape index (κ3) is 2.39. The number of H-pyrrole nitrogens is 1.